The number of anilines is 1. The molecule has 0 radical (unpaired) electrons. The second-order valence-corrected chi connectivity index (χ2v) is 8.09. The van der Waals surface area contributed by atoms with Gasteiger partial charge in [0.15, 0.2) is 14.9 Å². The average molecular weight is 309 g/mol. The summed E-state index contributed by atoms with van der Waals surface area (Å²) < 4.78 is 23.9. The van der Waals surface area contributed by atoms with E-state index in [0.717, 1.165) is 13.0 Å². The van der Waals surface area contributed by atoms with Gasteiger partial charge in [0, 0.05) is 6.54 Å². The Bertz CT molecular complexity index is 592. The maximum Gasteiger partial charge on any atom is 0.199 e. The Morgan fingerprint density at radius 3 is 2.62 bits per heavy atom. The molecule has 0 aromatic carbocycles. The predicted molar refractivity (Wildman–Crippen MR) is 84.0 cm³/mol. The van der Waals surface area contributed by atoms with Crippen molar-refractivity contribution in [3.63, 3.8) is 0 Å². The van der Waals surface area contributed by atoms with Crippen molar-refractivity contribution in [2.45, 2.75) is 56.2 Å². The summed E-state index contributed by atoms with van der Waals surface area (Å²) in [6.07, 6.45) is 8.31. The molecule has 1 aliphatic rings. The van der Waals surface area contributed by atoms with E-state index in [1.54, 1.807) is 19.9 Å². The van der Waals surface area contributed by atoms with Crippen LogP contribution in [0.3, 0.4) is 0 Å². The van der Waals surface area contributed by atoms with E-state index in [0.29, 0.717) is 5.82 Å². The minimum absolute atomic E-state index is 0.0399. The monoisotopic (exact) mass is 309 g/mol. The summed E-state index contributed by atoms with van der Waals surface area (Å²) in [5.41, 5.74) is 1.50. The number of aromatic nitrogens is 2. The molecule has 0 saturated heterocycles. The molecule has 21 heavy (non-hydrogen) atoms. The number of allylic oxidation sites excluding steroid dienone is 1. The van der Waals surface area contributed by atoms with E-state index in [1.807, 2.05) is 0 Å². The van der Waals surface area contributed by atoms with Crippen LogP contribution < -0.4 is 5.32 Å². The fourth-order valence-electron chi connectivity index (χ4n) is 2.29. The molecule has 0 atom stereocenters. The normalized spacial score (nSPS) is 15.9. The summed E-state index contributed by atoms with van der Waals surface area (Å²) in [5.74, 6) is 0.620. The number of rotatable bonds is 6. The Morgan fingerprint density at radius 1 is 1.24 bits per heavy atom. The van der Waals surface area contributed by atoms with E-state index in [2.05, 4.69) is 21.6 Å². The van der Waals surface area contributed by atoms with E-state index >= 15 is 0 Å². The number of nitrogens with one attached hydrogen (secondary N) is 1. The second kappa shape index (κ2) is 7.02. The first-order chi connectivity index (χ1) is 10.00. The van der Waals surface area contributed by atoms with Gasteiger partial charge in [-0.15, -0.1) is 10.2 Å². The van der Waals surface area contributed by atoms with Gasteiger partial charge in [-0.3, -0.25) is 0 Å². The Balaban J connectivity index is 1.89. The molecule has 116 valence electrons. The van der Waals surface area contributed by atoms with Crippen LogP contribution in [0.25, 0.3) is 0 Å². The average Bonchev–Trinajstić information content (AvgIpc) is 2.49. The van der Waals surface area contributed by atoms with Crippen LogP contribution >= 0.6 is 0 Å². The molecule has 0 amide bonds. The molecule has 0 saturated carbocycles. The first-order valence-electron chi connectivity index (χ1n) is 7.49. The van der Waals surface area contributed by atoms with Crippen molar-refractivity contribution in [1.29, 1.82) is 0 Å². The van der Waals surface area contributed by atoms with Crippen LogP contribution in [0.4, 0.5) is 5.82 Å². The highest BCUT2D eigenvalue weighted by Crippen LogP contribution is 2.20. The third-order valence-electron chi connectivity index (χ3n) is 3.69. The van der Waals surface area contributed by atoms with Crippen molar-refractivity contribution >= 4 is 15.7 Å². The fourth-order valence-corrected chi connectivity index (χ4v) is 3.19. The van der Waals surface area contributed by atoms with Crippen LogP contribution in [0.1, 0.15) is 46.0 Å². The molecule has 1 aliphatic carbocycles. The van der Waals surface area contributed by atoms with Crippen LogP contribution in [0.15, 0.2) is 28.8 Å². The Hall–Kier alpha value is -1.43. The zero-order valence-electron chi connectivity index (χ0n) is 12.7. The minimum Gasteiger partial charge on any atom is -0.368 e. The van der Waals surface area contributed by atoms with Gasteiger partial charge in [0.25, 0.3) is 0 Å². The topological polar surface area (TPSA) is 72.0 Å². The second-order valence-electron chi connectivity index (χ2n) is 5.64. The van der Waals surface area contributed by atoms with Gasteiger partial charge in [-0.2, -0.15) is 0 Å². The maximum atomic E-state index is 11.9. The zero-order valence-corrected chi connectivity index (χ0v) is 13.5. The van der Waals surface area contributed by atoms with Gasteiger partial charge in [-0.1, -0.05) is 11.6 Å². The van der Waals surface area contributed by atoms with E-state index in [4.69, 9.17) is 0 Å². The van der Waals surface area contributed by atoms with Gasteiger partial charge in [0.2, 0.25) is 0 Å². The summed E-state index contributed by atoms with van der Waals surface area (Å²) in [5, 5.41) is 10.5. The molecule has 5 nitrogen and oxygen atoms in total. The van der Waals surface area contributed by atoms with Crippen LogP contribution in [0.2, 0.25) is 0 Å². The molecule has 1 aromatic heterocycles. The Morgan fingerprint density at radius 2 is 2.05 bits per heavy atom. The first kappa shape index (κ1) is 15.9. The maximum absolute atomic E-state index is 11.9. The van der Waals surface area contributed by atoms with E-state index in [-0.39, 0.29) is 5.03 Å². The SMILES string of the molecule is CC(C)S(=O)(=O)c1ccc(NCCC2=CCCCC2)nn1. The summed E-state index contributed by atoms with van der Waals surface area (Å²) in [7, 11) is -3.34. The van der Waals surface area contributed by atoms with Crippen molar-refractivity contribution in [1.82, 2.24) is 10.2 Å². The molecule has 1 aromatic rings. The van der Waals surface area contributed by atoms with Crippen LogP contribution in [-0.2, 0) is 9.84 Å². The summed E-state index contributed by atoms with van der Waals surface area (Å²) in [6.45, 7) is 4.08. The number of sulfone groups is 1. The Kier molecular flexibility index (Phi) is 5.33. The first-order valence-corrected chi connectivity index (χ1v) is 9.04. The lowest BCUT2D eigenvalue weighted by molar-refractivity contribution is 0.581. The number of nitrogens with zero attached hydrogens (tertiary/aromatic N) is 2. The van der Waals surface area contributed by atoms with Gasteiger partial charge in [0.1, 0.15) is 5.82 Å². The number of hydrogen-bond acceptors (Lipinski definition) is 5. The van der Waals surface area contributed by atoms with Crippen molar-refractivity contribution in [3.05, 3.63) is 23.8 Å². The summed E-state index contributed by atoms with van der Waals surface area (Å²) in [4.78, 5) is 0. The molecule has 2 rings (SSSR count). The number of hydrogen-bond donors (Lipinski definition) is 1. The predicted octanol–water partition coefficient (Wildman–Crippen LogP) is 2.96. The highest BCUT2D eigenvalue weighted by Gasteiger charge is 2.21. The molecule has 0 bridgehead atoms. The summed E-state index contributed by atoms with van der Waals surface area (Å²) in [6, 6.07) is 3.20. The smallest absolute Gasteiger partial charge is 0.199 e. The van der Waals surface area contributed by atoms with Crippen molar-refractivity contribution in [2.75, 3.05) is 11.9 Å². The fraction of sp³-hybridized carbons (Fsp3) is 0.600. The molecule has 0 unspecified atom stereocenters. The van der Waals surface area contributed by atoms with Gasteiger partial charge in [-0.25, -0.2) is 8.42 Å². The van der Waals surface area contributed by atoms with Crippen molar-refractivity contribution < 1.29 is 8.42 Å². The molecule has 1 heterocycles. The minimum atomic E-state index is -3.34. The molecule has 0 fully saturated rings. The van der Waals surface area contributed by atoms with Crippen LogP contribution in [-0.4, -0.2) is 30.4 Å². The lowest BCUT2D eigenvalue weighted by Crippen LogP contribution is -2.16. The van der Waals surface area contributed by atoms with Crippen LogP contribution in [0.5, 0.6) is 0 Å². The van der Waals surface area contributed by atoms with Gasteiger partial charge in [0.05, 0.1) is 5.25 Å². The van der Waals surface area contributed by atoms with E-state index in [9.17, 15) is 8.42 Å². The van der Waals surface area contributed by atoms with Crippen molar-refractivity contribution in [3.8, 4) is 0 Å². The Labute approximate surface area is 126 Å². The lowest BCUT2D eigenvalue weighted by atomic mass is 9.97. The molecule has 1 N–H and O–H groups in total. The molecule has 6 heteroatoms. The molecule has 0 aliphatic heterocycles. The van der Waals surface area contributed by atoms with E-state index < -0.39 is 15.1 Å². The van der Waals surface area contributed by atoms with Crippen LogP contribution in [0, 0.1) is 0 Å². The molecular weight excluding hydrogens is 286 g/mol. The zero-order chi connectivity index (χ0) is 15.3. The van der Waals surface area contributed by atoms with Gasteiger partial charge >= 0.3 is 0 Å². The highest BCUT2D eigenvalue weighted by molar-refractivity contribution is 7.91. The van der Waals surface area contributed by atoms with Gasteiger partial charge in [-0.05, 0) is 58.1 Å². The standard InChI is InChI=1S/C15H23N3O2S/c1-12(2)21(19,20)15-9-8-14(17-18-15)16-11-10-13-6-4-3-5-7-13/h6,8-9,12H,3-5,7,10-11H2,1-2H3,(H,16,17). The highest BCUT2D eigenvalue weighted by atomic mass is 32.2. The van der Waals surface area contributed by atoms with Gasteiger partial charge < -0.3 is 5.32 Å². The third kappa shape index (κ3) is 4.27. The largest absolute Gasteiger partial charge is 0.368 e. The molecule has 0 spiro atoms. The van der Waals surface area contributed by atoms with Crippen molar-refractivity contribution in [2.24, 2.45) is 0 Å². The quantitative estimate of drug-likeness (QED) is 0.818. The van der Waals surface area contributed by atoms with E-state index in [1.165, 1.54) is 37.3 Å². The third-order valence-corrected chi connectivity index (χ3v) is 5.73. The molecular formula is C15H23N3O2S. The lowest BCUT2D eigenvalue weighted by Gasteiger charge is -2.13. The summed E-state index contributed by atoms with van der Waals surface area (Å²) >= 11 is 0.